The summed E-state index contributed by atoms with van der Waals surface area (Å²) in [5.41, 5.74) is 0. The third-order valence-corrected chi connectivity index (χ3v) is 2.24. The van der Waals surface area contributed by atoms with E-state index >= 15 is 0 Å². The van der Waals surface area contributed by atoms with E-state index in [2.05, 4.69) is 10.6 Å². The van der Waals surface area contributed by atoms with Crippen molar-refractivity contribution in [3.63, 3.8) is 0 Å². The summed E-state index contributed by atoms with van der Waals surface area (Å²) < 4.78 is 5.24. The van der Waals surface area contributed by atoms with E-state index in [-0.39, 0.29) is 5.91 Å². The molecule has 0 spiro atoms. The molecule has 1 heterocycles. The molecule has 0 aromatic heterocycles. The Morgan fingerprint density at radius 2 is 2.46 bits per heavy atom. The van der Waals surface area contributed by atoms with Gasteiger partial charge in [0.15, 0.2) is 0 Å². The highest BCUT2D eigenvalue weighted by molar-refractivity contribution is 5.77. The molecule has 4 heteroatoms. The highest BCUT2D eigenvalue weighted by Crippen LogP contribution is 2.14. The second-order valence-electron chi connectivity index (χ2n) is 3.40. The molecule has 4 nitrogen and oxygen atoms in total. The number of amides is 1. The Morgan fingerprint density at radius 3 is 3.08 bits per heavy atom. The molecule has 0 bridgehead atoms. The second kappa shape index (κ2) is 5.94. The monoisotopic (exact) mass is 186 g/mol. The Hall–Kier alpha value is -0.610. The van der Waals surface area contributed by atoms with E-state index in [1.54, 1.807) is 7.05 Å². The van der Waals surface area contributed by atoms with E-state index in [0.29, 0.717) is 12.5 Å². The number of hydrogen-bond donors (Lipinski definition) is 2. The maximum atomic E-state index is 11.0. The third-order valence-electron chi connectivity index (χ3n) is 2.24. The normalized spacial score (nSPS) is 21.8. The first-order chi connectivity index (χ1) is 6.33. The first kappa shape index (κ1) is 10.5. The predicted octanol–water partition coefficient (Wildman–Crippen LogP) is -0.251. The zero-order valence-electron chi connectivity index (χ0n) is 8.14. The van der Waals surface area contributed by atoms with Gasteiger partial charge in [0.1, 0.15) is 0 Å². The van der Waals surface area contributed by atoms with Crippen LogP contribution in [0.5, 0.6) is 0 Å². The molecule has 0 radical (unpaired) electrons. The molecule has 1 rings (SSSR count). The zero-order valence-corrected chi connectivity index (χ0v) is 8.14. The van der Waals surface area contributed by atoms with Crippen molar-refractivity contribution >= 4 is 5.91 Å². The van der Waals surface area contributed by atoms with Gasteiger partial charge in [0.05, 0.1) is 6.54 Å². The lowest BCUT2D eigenvalue weighted by Crippen LogP contribution is -2.33. The molecule has 2 N–H and O–H groups in total. The maximum Gasteiger partial charge on any atom is 0.233 e. The molecule has 1 saturated heterocycles. The molecule has 76 valence electrons. The molecule has 1 fully saturated rings. The highest BCUT2D eigenvalue weighted by Gasteiger charge is 2.14. The van der Waals surface area contributed by atoms with Gasteiger partial charge in [-0.05, 0) is 25.8 Å². The fraction of sp³-hybridized carbons (Fsp3) is 0.889. The quantitative estimate of drug-likeness (QED) is 0.622. The van der Waals surface area contributed by atoms with Crippen molar-refractivity contribution in [2.45, 2.75) is 12.8 Å². The van der Waals surface area contributed by atoms with Gasteiger partial charge in [-0.3, -0.25) is 4.79 Å². The smallest absolute Gasteiger partial charge is 0.233 e. The van der Waals surface area contributed by atoms with Gasteiger partial charge in [0.25, 0.3) is 0 Å². The molecule has 1 amide bonds. The third kappa shape index (κ3) is 4.24. The highest BCUT2D eigenvalue weighted by atomic mass is 16.5. The van der Waals surface area contributed by atoms with Gasteiger partial charge in [-0.15, -0.1) is 0 Å². The first-order valence-electron chi connectivity index (χ1n) is 4.82. The summed E-state index contributed by atoms with van der Waals surface area (Å²) in [6, 6.07) is 0. The Bertz CT molecular complexity index is 156. The van der Waals surface area contributed by atoms with Crippen molar-refractivity contribution in [2.24, 2.45) is 5.92 Å². The summed E-state index contributed by atoms with van der Waals surface area (Å²) in [6.45, 7) is 2.92. The molecule has 1 aliphatic rings. The molecule has 0 saturated carbocycles. The van der Waals surface area contributed by atoms with Crippen molar-refractivity contribution in [1.29, 1.82) is 0 Å². The largest absolute Gasteiger partial charge is 0.381 e. The van der Waals surface area contributed by atoms with E-state index in [1.165, 1.54) is 0 Å². The van der Waals surface area contributed by atoms with Gasteiger partial charge < -0.3 is 15.4 Å². The Morgan fingerprint density at radius 1 is 1.62 bits per heavy atom. The summed E-state index contributed by atoms with van der Waals surface area (Å²) in [6.07, 6.45) is 2.18. The molecule has 0 aromatic rings. The summed E-state index contributed by atoms with van der Waals surface area (Å²) in [5.74, 6) is 0.719. The van der Waals surface area contributed by atoms with Crippen LogP contribution >= 0.6 is 0 Å². The SMILES string of the molecule is CNCC(=O)NCCC1CCOC1. The van der Waals surface area contributed by atoms with Crippen LogP contribution in [0.4, 0.5) is 0 Å². The average Bonchev–Trinajstić information content (AvgIpc) is 2.57. The number of carbonyl (C=O) groups excluding carboxylic acids is 1. The molecule has 0 aliphatic carbocycles. The van der Waals surface area contributed by atoms with Crippen molar-refractivity contribution in [2.75, 3.05) is 33.4 Å². The average molecular weight is 186 g/mol. The lowest BCUT2D eigenvalue weighted by molar-refractivity contribution is -0.120. The van der Waals surface area contributed by atoms with Gasteiger partial charge in [0.2, 0.25) is 5.91 Å². The summed E-state index contributed by atoms with van der Waals surface area (Å²) in [4.78, 5) is 11.0. The van der Waals surface area contributed by atoms with E-state index < -0.39 is 0 Å². The Balaban J connectivity index is 1.96. The molecule has 1 unspecified atom stereocenters. The number of likely N-dealkylation sites (N-methyl/N-ethyl adjacent to an activating group) is 1. The molecular weight excluding hydrogens is 168 g/mol. The Labute approximate surface area is 79.0 Å². The van der Waals surface area contributed by atoms with Crippen LogP contribution in [0.3, 0.4) is 0 Å². The standard InChI is InChI=1S/C9H18N2O2/c1-10-6-9(12)11-4-2-8-3-5-13-7-8/h8,10H,2-7H2,1H3,(H,11,12). The summed E-state index contributed by atoms with van der Waals surface area (Å²) >= 11 is 0. The van der Waals surface area contributed by atoms with Crippen LogP contribution < -0.4 is 10.6 Å². The number of rotatable bonds is 5. The molecule has 13 heavy (non-hydrogen) atoms. The molecule has 1 atom stereocenters. The minimum Gasteiger partial charge on any atom is -0.381 e. The molecule has 1 aliphatic heterocycles. The van der Waals surface area contributed by atoms with Crippen LogP contribution in [0.2, 0.25) is 0 Å². The minimum atomic E-state index is 0.0708. The second-order valence-corrected chi connectivity index (χ2v) is 3.40. The van der Waals surface area contributed by atoms with Crippen molar-refractivity contribution in [3.8, 4) is 0 Å². The van der Waals surface area contributed by atoms with Gasteiger partial charge in [-0.1, -0.05) is 0 Å². The van der Waals surface area contributed by atoms with E-state index in [0.717, 1.165) is 32.6 Å². The number of carbonyl (C=O) groups is 1. The number of hydrogen-bond acceptors (Lipinski definition) is 3. The summed E-state index contributed by atoms with van der Waals surface area (Å²) in [5, 5.41) is 5.66. The van der Waals surface area contributed by atoms with Crippen molar-refractivity contribution < 1.29 is 9.53 Å². The minimum absolute atomic E-state index is 0.0708. The van der Waals surface area contributed by atoms with Crippen LogP contribution in [0.25, 0.3) is 0 Å². The number of nitrogens with one attached hydrogen (secondary N) is 2. The van der Waals surface area contributed by atoms with Crippen LogP contribution in [0.1, 0.15) is 12.8 Å². The van der Waals surface area contributed by atoms with Gasteiger partial charge in [-0.2, -0.15) is 0 Å². The van der Waals surface area contributed by atoms with Gasteiger partial charge >= 0.3 is 0 Å². The fourth-order valence-electron chi connectivity index (χ4n) is 1.45. The van der Waals surface area contributed by atoms with Crippen molar-refractivity contribution in [3.05, 3.63) is 0 Å². The summed E-state index contributed by atoms with van der Waals surface area (Å²) in [7, 11) is 1.77. The lowest BCUT2D eigenvalue weighted by Gasteiger charge is -2.08. The number of ether oxygens (including phenoxy) is 1. The maximum absolute atomic E-state index is 11.0. The van der Waals surface area contributed by atoms with Gasteiger partial charge in [0, 0.05) is 19.8 Å². The van der Waals surface area contributed by atoms with Gasteiger partial charge in [-0.25, -0.2) is 0 Å². The van der Waals surface area contributed by atoms with Crippen LogP contribution in [0.15, 0.2) is 0 Å². The van der Waals surface area contributed by atoms with Crippen LogP contribution in [0, 0.1) is 5.92 Å². The zero-order chi connectivity index (χ0) is 9.52. The van der Waals surface area contributed by atoms with Crippen molar-refractivity contribution in [1.82, 2.24) is 10.6 Å². The van der Waals surface area contributed by atoms with E-state index in [1.807, 2.05) is 0 Å². The van der Waals surface area contributed by atoms with E-state index in [4.69, 9.17) is 4.74 Å². The lowest BCUT2D eigenvalue weighted by atomic mass is 10.1. The Kier molecular flexibility index (Phi) is 4.78. The fourth-order valence-corrected chi connectivity index (χ4v) is 1.45. The predicted molar refractivity (Wildman–Crippen MR) is 50.5 cm³/mol. The molecule has 0 aromatic carbocycles. The topological polar surface area (TPSA) is 50.4 Å². The van der Waals surface area contributed by atoms with E-state index in [9.17, 15) is 4.79 Å². The molecular formula is C9H18N2O2. The van der Waals surface area contributed by atoms with Crippen LogP contribution in [-0.4, -0.2) is 39.3 Å². The first-order valence-corrected chi connectivity index (χ1v) is 4.82. The van der Waals surface area contributed by atoms with Crippen LogP contribution in [-0.2, 0) is 9.53 Å².